The molecule has 1 aliphatic rings. The fourth-order valence-corrected chi connectivity index (χ4v) is 1.64. The lowest BCUT2D eigenvalue weighted by atomic mass is 10.1. The largest absolute Gasteiger partial charge is 0.394 e. The molecule has 1 aromatic rings. The molecule has 2 N–H and O–H groups in total. The Balaban J connectivity index is 1.96. The van der Waals surface area contributed by atoms with Crippen molar-refractivity contribution in [1.29, 1.82) is 0 Å². The van der Waals surface area contributed by atoms with Gasteiger partial charge in [0.15, 0.2) is 0 Å². The van der Waals surface area contributed by atoms with E-state index in [9.17, 15) is 0 Å². The molecule has 1 aromatic carbocycles. The first-order valence-electron chi connectivity index (χ1n) is 4.91. The van der Waals surface area contributed by atoms with Gasteiger partial charge >= 0.3 is 0 Å². The van der Waals surface area contributed by atoms with E-state index in [0.29, 0.717) is 6.61 Å². The second-order valence-electron chi connectivity index (χ2n) is 3.51. The van der Waals surface area contributed by atoms with Gasteiger partial charge < -0.3 is 15.2 Å². The predicted molar refractivity (Wildman–Crippen MR) is 54.0 cm³/mol. The van der Waals surface area contributed by atoms with Crippen molar-refractivity contribution in [3.8, 4) is 0 Å². The van der Waals surface area contributed by atoms with Gasteiger partial charge in [-0.1, -0.05) is 30.3 Å². The van der Waals surface area contributed by atoms with Crippen molar-refractivity contribution in [2.24, 2.45) is 0 Å². The molecule has 0 saturated carbocycles. The van der Waals surface area contributed by atoms with Crippen LogP contribution in [0.1, 0.15) is 11.6 Å². The van der Waals surface area contributed by atoms with Crippen LogP contribution in [-0.4, -0.2) is 31.0 Å². The molecule has 1 fully saturated rings. The van der Waals surface area contributed by atoms with Crippen molar-refractivity contribution in [2.75, 3.05) is 19.8 Å². The molecule has 0 aliphatic carbocycles. The van der Waals surface area contributed by atoms with E-state index in [1.54, 1.807) is 0 Å². The predicted octanol–water partition coefficient (Wildman–Crippen LogP) is 0.708. The Kier molecular flexibility index (Phi) is 3.14. The summed E-state index contributed by atoms with van der Waals surface area (Å²) in [5, 5.41) is 12.2. The summed E-state index contributed by atoms with van der Waals surface area (Å²) in [6.45, 7) is 1.44. The van der Waals surface area contributed by atoms with Gasteiger partial charge in [0.1, 0.15) is 0 Å². The van der Waals surface area contributed by atoms with Crippen LogP contribution < -0.4 is 5.32 Å². The SMILES string of the molecule is OC[C@@H]1CN[C@H](c2ccccc2)CO1. The first-order chi connectivity index (χ1) is 6.90. The number of hydrogen-bond donors (Lipinski definition) is 2. The first kappa shape index (κ1) is 9.65. The molecule has 14 heavy (non-hydrogen) atoms. The highest BCUT2D eigenvalue weighted by Crippen LogP contribution is 2.16. The fraction of sp³-hybridized carbons (Fsp3) is 0.455. The summed E-state index contributed by atoms with van der Waals surface area (Å²) in [7, 11) is 0. The molecular formula is C11H15NO2. The van der Waals surface area contributed by atoms with E-state index >= 15 is 0 Å². The lowest BCUT2D eigenvalue weighted by molar-refractivity contribution is -0.0259. The lowest BCUT2D eigenvalue weighted by Crippen LogP contribution is -2.42. The number of aliphatic hydroxyl groups is 1. The van der Waals surface area contributed by atoms with Crippen molar-refractivity contribution in [1.82, 2.24) is 5.32 Å². The van der Waals surface area contributed by atoms with E-state index in [4.69, 9.17) is 9.84 Å². The molecule has 1 saturated heterocycles. The van der Waals surface area contributed by atoms with Gasteiger partial charge in [-0.2, -0.15) is 0 Å². The molecule has 3 nitrogen and oxygen atoms in total. The van der Waals surface area contributed by atoms with Gasteiger partial charge in [-0.15, -0.1) is 0 Å². The highest BCUT2D eigenvalue weighted by molar-refractivity contribution is 5.19. The van der Waals surface area contributed by atoms with Crippen molar-refractivity contribution in [3.05, 3.63) is 35.9 Å². The average molecular weight is 193 g/mol. The van der Waals surface area contributed by atoms with Crippen LogP contribution in [0.4, 0.5) is 0 Å². The molecule has 0 amide bonds. The van der Waals surface area contributed by atoms with Crippen LogP contribution in [0.25, 0.3) is 0 Å². The molecular weight excluding hydrogens is 178 g/mol. The maximum atomic E-state index is 8.88. The quantitative estimate of drug-likeness (QED) is 0.726. The van der Waals surface area contributed by atoms with E-state index in [1.165, 1.54) is 5.56 Å². The molecule has 0 aromatic heterocycles. The van der Waals surface area contributed by atoms with Crippen molar-refractivity contribution in [2.45, 2.75) is 12.1 Å². The smallest absolute Gasteiger partial charge is 0.0930 e. The van der Waals surface area contributed by atoms with Crippen molar-refractivity contribution < 1.29 is 9.84 Å². The molecule has 1 aliphatic heterocycles. The molecule has 2 atom stereocenters. The van der Waals surface area contributed by atoms with Crippen LogP contribution in [0.15, 0.2) is 30.3 Å². The standard InChI is InChI=1S/C11H15NO2/c13-7-10-6-12-11(8-14-10)9-4-2-1-3-5-9/h1-5,10-13H,6-8H2/t10-,11-/m0/s1. The Morgan fingerprint density at radius 1 is 1.36 bits per heavy atom. The summed E-state index contributed by atoms with van der Waals surface area (Å²) in [5.74, 6) is 0. The van der Waals surface area contributed by atoms with Crippen LogP contribution in [0.2, 0.25) is 0 Å². The summed E-state index contributed by atoms with van der Waals surface area (Å²) in [6, 6.07) is 10.5. The van der Waals surface area contributed by atoms with Gasteiger partial charge in [0.05, 0.1) is 25.4 Å². The Labute approximate surface area is 83.7 Å². The molecule has 0 bridgehead atoms. The minimum absolute atomic E-state index is 0.0463. The maximum absolute atomic E-state index is 8.88. The second kappa shape index (κ2) is 4.55. The summed E-state index contributed by atoms with van der Waals surface area (Å²) < 4.78 is 5.48. The van der Waals surface area contributed by atoms with Crippen molar-refractivity contribution >= 4 is 0 Å². The first-order valence-corrected chi connectivity index (χ1v) is 4.91. The Bertz CT molecular complexity index is 268. The molecule has 76 valence electrons. The second-order valence-corrected chi connectivity index (χ2v) is 3.51. The minimum atomic E-state index is -0.0463. The number of morpholine rings is 1. The van der Waals surface area contributed by atoms with E-state index in [0.717, 1.165) is 6.54 Å². The number of rotatable bonds is 2. The highest BCUT2D eigenvalue weighted by Gasteiger charge is 2.20. The van der Waals surface area contributed by atoms with Crippen LogP contribution in [0.5, 0.6) is 0 Å². The Morgan fingerprint density at radius 2 is 2.14 bits per heavy atom. The third-order valence-electron chi connectivity index (χ3n) is 2.50. The van der Waals surface area contributed by atoms with E-state index < -0.39 is 0 Å². The number of ether oxygens (including phenoxy) is 1. The molecule has 3 heteroatoms. The van der Waals surface area contributed by atoms with Gasteiger partial charge in [0, 0.05) is 6.54 Å². The topological polar surface area (TPSA) is 41.5 Å². The Hall–Kier alpha value is -0.900. The van der Waals surface area contributed by atoms with E-state index in [-0.39, 0.29) is 18.8 Å². The molecule has 0 spiro atoms. The van der Waals surface area contributed by atoms with Gasteiger partial charge in [0.25, 0.3) is 0 Å². The maximum Gasteiger partial charge on any atom is 0.0930 e. The monoisotopic (exact) mass is 193 g/mol. The van der Waals surface area contributed by atoms with Crippen LogP contribution in [-0.2, 0) is 4.74 Å². The van der Waals surface area contributed by atoms with Gasteiger partial charge in [-0.25, -0.2) is 0 Å². The van der Waals surface area contributed by atoms with E-state index in [1.807, 2.05) is 18.2 Å². The summed E-state index contributed by atoms with van der Waals surface area (Å²) in [5.41, 5.74) is 1.24. The third kappa shape index (κ3) is 2.12. The summed E-state index contributed by atoms with van der Waals surface area (Å²) in [4.78, 5) is 0. The number of aliphatic hydroxyl groups excluding tert-OH is 1. The van der Waals surface area contributed by atoms with E-state index in [2.05, 4.69) is 17.4 Å². The third-order valence-corrected chi connectivity index (χ3v) is 2.50. The fourth-order valence-electron chi connectivity index (χ4n) is 1.64. The number of nitrogens with one attached hydrogen (secondary N) is 1. The lowest BCUT2D eigenvalue weighted by Gasteiger charge is -2.29. The molecule has 0 radical (unpaired) electrons. The van der Waals surface area contributed by atoms with Gasteiger partial charge in [-0.05, 0) is 5.56 Å². The van der Waals surface area contributed by atoms with Gasteiger partial charge in [-0.3, -0.25) is 0 Å². The zero-order chi connectivity index (χ0) is 9.80. The Morgan fingerprint density at radius 3 is 2.71 bits per heavy atom. The molecule has 2 rings (SSSR count). The van der Waals surface area contributed by atoms with Crippen LogP contribution in [0.3, 0.4) is 0 Å². The molecule has 1 heterocycles. The van der Waals surface area contributed by atoms with Gasteiger partial charge in [0.2, 0.25) is 0 Å². The average Bonchev–Trinajstić information content (AvgIpc) is 2.30. The minimum Gasteiger partial charge on any atom is -0.394 e. The van der Waals surface area contributed by atoms with Crippen molar-refractivity contribution in [3.63, 3.8) is 0 Å². The normalized spacial score (nSPS) is 27.5. The highest BCUT2D eigenvalue weighted by atomic mass is 16.5. The zero-order valence-electron chi connectivity index (χ0n) is 8.02. The number of benzene rings is 1. The molecule has 0 unspecified atom stereocenters. The zero-order valence-corrected chi connectivity index (χ0v) is 8.02. The summed E-state index contributed by atoms with van der Waals surface area (Å²) in [6.07, 6.45) is -0.0463. The van der Waals surface area contributed by atoms with Crippen LogP contribution >= 0.6 is 0 Å². The summed E-state index contributed by atoms with van der Waals surface area (Å²) >= 11 is 0. The number of hydrogen-bond acceptors (Lipinski definition) is 3. The van der Waals surface area contributed by atoms with Crippen LogP contribution in [0, 0.1) is 0 Å².